The monoisotopic (exact) mass is 372 g/mol. The van der Waals surface area contributed by atoms with Crippen molar-refractivity contribution < 1.29 is 9.59 Å². The summed E-state index contributed by atoms with van der Waals surface area (Å²) in [6.07, 6.45) is 4.47. The molecule has 2 atom stereocenters. The number of urea groups is 1. The van der Waals surface area contributed by atoms with Crippen molar-refractivity contribution in [2.24, 2.45) is 11.8 Å². The summed E-state index contributed by atoms with van der Waals surface area (Å²) < 4.78 is 0. The summed E-state index contributed by atoms with van der Waals surface area (Å²) in [5, 5.41) is 8.82. The number of carbonyl (C=O) groups is 2. The zero-order valence-electron chi connectivity index (χ0n) is 16.7. The SMILES string of the molecule is Cc1ccc(NC(=O)C2CC2)cc1NC(=O)NC[C@@H](C)N1CCC[C@@H](C)C1. The van der Waals surface area contributed by atoms with Crippen molar-refractivity contribution in [1.29, 1.82) is 0 Å². The smallest absolute Gasteiger partial charge is 0.319 e. The Morgan fingerprint density at radius 1 is 1.22 bits per heavy atom. The molecule has 3 N–H and O–H groups in total. The Morgan fingerprint density at radius 3 is 2.70 bits per heavy atom. The van der Waals surface area contributed by atoms with Gasteiger partial charge in [0.25, 0.3) is 0 Å². The van der Waals surface area contributed by atoms with Gasteiger partial charge in [0.2, 0.25) is 5.91 Å². The molecule has 1 aromatic carbocycles. The second-order valence-electron chi connectivity index (χ2n) is 8.22. The molecule has 0 bridgehead atoms. The minimum absolute atomic E-state index is 0.0684. The zero-order valence-corrected chi connectivity index (χ0v) is 16.7. The lowest BCUT2D eigenvalue weighted by molar-refractivity contribution is -0.117. The number of rotatable bonds is 6. The van der Waals surface area contributed by atoms with Crippen molar-refractivity contribution in [3.05, 3.63) is 23.8 Å². The van der Waals surface area contributed by atoms with Gasteiger partial charge in [-0.15, -0.1) is 0 Å². The van der Waals surface area contributed by atoms with E-state index in [0.29, 0.717) is 12.6 Å². The molecule has 0 aromatic heterocycles. The summed E-state index contributed by atoms with van der Waals surface area (Å²) in [5.41, 5.74) is 2.41. The van der Waals surface area contributed by atoms with E-state index in [1.807, 2.05) is 25.1 Å². The van der Waals surface area contributed by atoms with Gasteiger partial charge in [0.1, 0.15) is 0 Å². The largest absolute Gasteiger partial charge is 0.336 e. The third-order valence-electron chi connectivity index (χ3n) is 5.57. The number of piperidine rings is 1. The fourth-order valence-corrected chi connectivity index (χ4v) is 3.59. The van der Waals surface area contributed by atoms with Gasteiger partial charge in [0, 0.05) is 36.4 Å². The van der Waals surface area contributed by atoms with Crippen LogP contribution in [-0.4, -0.2) is 42.5 Å². The Morgan fingerprint density at radius 2 is 2.00 bits per heavy atom. The van der Waals surface area contributed by atoms with Crippen LogP contribution in [0.3, 0.4) is 0 Å². The quantitative estimate of drug-likeness (QED) is 0.714. The first kappa shape index (κ1) is 19.7. The highest BCUT2D eigenvalue weighted by atomic mass is 16.2. The molecule has 2 aliphatic rings. The molecule has 27 heavy (non-hydrogen) atoms. The van der Waals surface area contributed by atoms with Crippen molar-refractivity contribution in [3.8, 4) is 0 Å². The Bertz CT molecular complexity index is 687. The first-order valence-corrected chi connectivity index (χ1v) is 10.1. The van der Waals surface area contributed by atoms with E-state index in [0.717, 1.165) is 48.8 Å². The van der Waals surface area contributed by atoms with Crippen molar-refractivity contribution in [1.82, 2.24) is 10.2 Å². The molecule has 0 radical (unpaired) electrons. The molecule has 3 amide bonds. The van der Waals surface area contributed by atoms with Crippen LogP contribution in [0.25, 0.3) is 0 Å². The highest BCUT2D eigenvalue weighted by Crippen LogP contribution is 2.30. The third-order valence-corrected chi connectivity index (χ3v) is 5.57. The summed E-state index contributed by atoms with van der Waals surface area (Å²) >= 11 is 0. The highest BCUT2D eigenvalue weighted by Gasteiger charge is 2.29. The van der Waals surface area contributed by atoms with Gasteiger partial charge in [0.15, 0.2) is 0 Å². The van der Waals surface area contributed by atoms with E-state index in [9.17, 15) is 9.59 Å². The maximum Gasteiger partial charge on any atom is 0.319 e. The fraction of sp³-hybridized carbons (Fsp3) is 0.619. The van der Waals surface area contributed by atoms with Crippen LogP contribution in [0.5, 0.6) is 0 Å². The number of benzene rings is 1. The minimum atomic E-state index is -0.208. The molecule has 1 saturated carbocycles. The molecule has 0 unspecified atom stereocenters. The molecular formula is C21H32N4O2. The standard InChI is InChI=1S/C21H32N4O2/c1-14-5-4-10-25(13-14)16(3)12-22-21(27)24-19-11-18(9-6-15(19)2)23-20(26)17-7-8-17/h6,9,11,14,16-17H,4-5,7-8,10,12-13H2,1-3H3,(H,23,26)(H2,22,24,27)/t14-,16-/m1/s1. The van der Waals surface area contributed by atoms with E-state index in [-0.39, 0.29) is 17.9 Å². The Kier molecular flexibility index (Phi) is 6.37. The van der Waals surface area contributed by atoms with Gasteiger partial charge in [0.05, 0.1) is 0 Å². The summed E-state index contributed by atoms with van der Waals surface area (Å²) in [6.45, 7) is 9.23. The first-order chi connectivity index (χ1) is 12.9. The summed E-state index contributed by atoms with van der Waals surface area (Å²) in [6, 6.07) is 5.73. The number of anilines is 2. The van der Waals surface area contributed by atoms with E-state index in [4.69, 9.17) is 0 Å². The van der Waals surface area contributed by atoms with Crippen LogP contribution in [-0.2, 0) is 4.79 Å². The number of nitrogens with one attached hydrogen (secondary N) is 3. The molecule has 1 heterocycles. The van der Waals surface area contributed by atoms with Crippen LogP contribution < -0.4 is 16.0 Å². The lowest BCUT2D eigenvalue weighted by atomic mass is 9.99. The average Bonchev–Trinajstić information content (AvgIpc) is 3.48. The predicted octanol–water partition coefficient (Wildman–Crippen LogP) is 3.59. The fourth-order valence-electron chi connectivity index (χ4n) is 3.59. The Balaban J connectivity index is 1.50. The van der Waals surface area contributed by atoms with Gasteiger partial charge in [-0.1, -0.05) is 13.0 Å². The normalized spacial score (nSPS) is 21.4. The lowest BCUT2D eigenvalue weighted by Gasteiger charge is -2.35. The van der Waals surface area contributed by atoms with Crippen LogP contribution >= 0.6 is 0 Å². The van der Waals surface area contributed by atoms with Gasteiger partial charge in [-0.3, -0.25) is 9.69 Å². The van der Waals surface area contributed by atoms with Crippen LogP contribution in [0, 0.1) is 18.8 Å². The van der Waals surface area contributed by atoms with Crippen molar-refractivity contribution >= 4 is 23.3 Å². The van der Waals surface area contributed by atoms with Gasteiger partial charge in [-0.05, 0) is 69.7 Å². The van der Waals surface area contributed by atoms with E-state index in [2.05, 4.69) is 34.7 Å². The number of likely N-dealkylation sites (tertiary alicyclic amines) is 1. The number of hydrogen-bond acceptors (Lipinski definition) is 3. The van der Waals surface area contributed by atoms with E-state index in [1.165, 1.54) is 12.8 Å². The maximum absolute atomic E-state index is 12.3. The molecule has 6 heteroatoms. The summed E-state index contributed by atoms with van der Waals surface area (Å²) in [7, 11) is 0. The predicted molar refractivity (Wildman–Crippen MR) is 109 cm³/mol. The maximum atomic E-state index is 12.3. The highest BCUT2D eigenvalue weighted by molar-refractivity contribution is 5.96. The topological polar surface area (TPSA) is 73.5 Å². The number of hydrogen-bond donors (Lipinski definition) is 3. The van der Waals surface area contributed by atoms with E-state index < -0.39 is 0 Å². The van der Waals surface area contributed by atoms with Crippen LogP contribution in [0.1, 0.15) is 45.1 Å². The second kappa shape index (κ2) is 8.74. The minimum Gasteiger partial charge on any atom is -0.336 e. The molecule has 6 nitrogen and oxygen atoms in total. The molecule has 1 aliphatic heterocycles. The first-order valence-electron chi connectivity index (χ1n) is 10.1. The van der Waals surface area contributed by atoms with Gasteiger partial charge < -0.3 is 16.0 Å². The lowest BCUT2D eigenvalue weighted by Crippen LogP contribution is -2.47. The second-order valence-corrected chi connectivity index (χ2v) is 8.22. The summed E-state index contributed by atoms with van der Waals surface area (Å²) in [4.78, 5) is 26.7. The number of amides is 3. The van der Waals surface area contributed by atoms with Gasteiger partial charge in [-0.2, -0.15) is 0 Å². The Hall–Kier alpha value is -2.08. The Labute approximate surface area is 162 Å². The van der Waals surface area contributed by atoms with Crippen molar-refractivity contribution in [3.63, 3.8) is 0 Å². The van der Waals surface area contributed by atoms with Crippen molar-refractivity contribution in [2.75, 3.05) is 30.3 Å². The zero-order chi connectivity index (χ0) is 19.4. The number of carbonyl (C=O) groups excluding carboxylic acids is 2. The van der Waals surface area contributed by atoms with Gasteiger partial charge >= 0.3 is 6.03 Å². The number of aryl methyl sites for hydroxylation is 1. The van der Waals surface area contributed by atoms with Crippen molar-refractivity contribution in [2.45, 2.75) is 52.5 Å². The molecule has 1 aliphatic carbocycles. The molecule has 0 spiro atoms. The van der Waals surface area contributed by atoms with E-state index >= 15 is 0 Å². The molecule has 3 rings (SSSR count). The molecule has 1 aromatic rings. The molecule has 1 saturated heterocycles. The van der Waals surface area contributed by atoms with Crippen LogP contribution in [0.2, 0.25) is 0 Å². The molecule has 2 fully saturated rings. The molecular weight excluding hydrogens is 340 g/mol. The van der Waals surface area contributed by atoms with E-state index in [1.54, 1.807) is 0 Å². The third kappa shape index (κ3) is 5.70. The van der Waals surface area contributed by atoms with Crippen LogP contribution in [0.4, 0.5) is 16.2 Å². The van der Waals surface area contributed by atoms with Crippen LogP contribution in [0.15, 0.2) is 18.2 Å². The molecule has 148 valence electrons. The van der Waals surface area contributed by atoms with Gasteiger partial charge in [-0.25, -0.2) is 4.79 Å². The average molecular weight is 373 g/mol. The number of nitrogens with zero attached hydrogens (tertiary/aromatic N) is 1. The summed E-state index contributed by atoms with van der Waals surface area (Å²) in [5.74, 6) is 0.954.